The monoisotopic (exact) mass is 579 g/mol. The molecule has 1 fully saturated rings. The van der Waals surface area contributed by atoms with Gasteiger partial charge in [-0.3, -0.25) is 19.5 Å². The summed E-state index contributed by atoms with van der Waals surface area (Å²) >= 11 is 6.23. The van der Waals surface area contributed by atoms with E-state index < -0.39 is 0 Å². The molecule has 7 nitrogen and oxygen atoms in total. The topological polar surface area (TPSA) is 70.5 Å². The molecule has 1 N–H and O–H groups in total. The molecule has 0 radical (unpaired) electrons. The Bertz CT molecular complexity index is 1800. The molecule has 0 saturated carbocycles. The predicted molar refractivity (Wildman–Crippen MR) is 171 cm³/mol. The zero-order valence-electron chi connectivity index (χ0n) is 23.7. The molecular formula is C34H34ClN5O2. The number of pyridine rings is 2. The third-order valence-corrected chi connectivity index (χ3v) is 8.38. The molecule has 3 aromatic carbocycles. The average molecular weight is 580 g/mol. The summed E-state index contributed by atoms with van der Waals surface area (Å²) in [5.41, 5.74) is 4.65. The smallest absolute Gasteiger partial charge is 0.259 e. The van der Waals surface area contributed by atoms with Crippen LogP contribution in [0.2, 0.25) is 5.02 Å². The Morgan fingerprint density at radius 1 is 0.929 bits per heavy atom. The van der Waals surface area contributed by atoms with Crippen LogP contribution in [0.15, 0.2) is 90.0 Å². The fourth-order valence-corrected chi connectivity index (χ4v) is 6.01. The van der Waals surface area contributed by atoms with Crippen LogP contribution in [-0.4, -0.2) is 59.6 Å². The van der Waals surface area contributed by atoms with E-state index in [1.54, 1.807) is 23.0 Å². The molecule has 0 spiro atoms. The zero-order chi connectivity index (χ0) is 29.1. The number of carbonyl (C=O) groups excluding carboxylic acids is 1. The highest BCUT2D eigenvalue weighted by Crippen LogP contribution is 2.26. The summed E-state index contributed by atoms with van der Waals surface area (Å²) in [6, 6.07) is 23.3. The second-order valence-electron chi connectivity index (χ2n) is 10.9. The van der Waals surface area contributed by atoms with Crippen molar-refractivity contribution in [2.75, 3.05) is 44.2 Å². The quantitative estimate of drug-likeness (QED) is 0.194. The molecule has 3 heterocycles. The van der Waals surface area contributed by atoms with Crippen LogP contribution in [0.25, 0.3) is 21.7 Å². The van der Waals surface area contributed by atoms with Gasteiger partial charge in [0.05, 0.1) is 17.4 Å². The second-order valence-corrected chi connectivity index (χ2v) is 11.3. The van der Waals surface area contributed by atoms with E-state index in [1.807, 2.05) is 54.6 Å². The van der Waals surface area contributed by atoms with Gasteiger partial charge in [-0.25, -0.2) is 0 Å². The molecule has 214 valence electrons. The number of benzene rings is 3. The normalized spacial score (nSPS) is 14.0. The van der Waals surface area contributed by atoms with Gasteiger partial charge in [0, 0.05) is 72.2 Å². The summed E-state index contributed by atoms with van der Waals surface area (Å²) in [6.07, 6.45) is 4.23. The number of piperazine rings is 1. The lowest BCUT2D eigenvalue weighted by atomic mass is 10.0. The minimum Gasteiger partial charge on any atom is -0.369 e. The third-order valence-electron chi connectivity index (χ3n) is 8.14. The Kier molecular flexibility index (Phi) is 8.22. The molecule has 1 saturated heterocycles. The summed E-state index contributed by atoms with van der Waals surface area (Å²) in [4.78, 5) is 35.8. The first kappa shape index (κ1) is 27.9. The van der Waals surface area contributed by atoms with E-state index in [0.717, 1.165) is 66.0 Å². The van der Waals surface area contributed by atoms with Gasteiger partial charge in [-0.2, -0.15) is 0 Å². The van der Waals surface area contributed by atoms with Crippen molar-refractivity contribution < 1.29 is 4.79 Å². The van der Waals surface area contributed by atoms with Gasteiger partial charge in [0.25, 0.3) is 11.5 Å². The van der Waals surface area contributed by atoms with E-state index in [4.69, 9.17) is 11.6 Å². The third kappa shape index (κ3) is 5.89. The van der Waals surface area contributed by atoms with Crippen LogP contribution in [0.1, 0.15) is 27.9 Å². The van der Waals surface area contributed by atoms with Crippen molar-refractivity contribution in [2.24, 2.45) is 0 Å². The number of anilines is 1. The SMILES string of the molecule is Cc1ccc(Cl)cc1N1CCN(CCCNC(=O)c2ccc3c4cnccc4c(=O)n(Cc4ccccc4)c3c2)CC1. The van der Waals surface area contributed by atoms with E-state index in [2.05, 4.69) is 39.2 Å². The number of aryl methyl sites for hydroxylation is 1. The number of rotatable bonds is 8. The van der Waals surface area contributed by atoms with E-state index >= 15 is 0 Å². The number of fused-ring (bicyclic) bond motifs is 3. The van der Waals surface area contributed by atoms with Crippen molar-refractivity contribution in [3.05, 3.63) is 117 Å². The van der Waals surface area contributed by atoms with Gasteiger partial charge in [-0.1, -0.05) is 54.1 Å². The van der Waals surface area contributed by atoms with E-state index in [9.17, 15) is 9.59 Å². The van der Waals surface area contributed by atoms with Gasteiger partial charge in [0.2, 0.25) is 0 Å². The largest absolute Gasteiger partial charge is 0.369 e. The van der Waals surface area contributed by atoms with Crippen molar-refractivity contribution in [3.63, 3.8) is 0 Å². The van der Waals surface area contributed by atoms with Crippen molar-refractivity contribution in [2.45, 2.75) is 19.9 Å². The van der Waals surface area contributed by atoms with Crippen molar-refractivity contribution in [3.8, 4) is 0 Å². The zero-order valence-corrected chi connectivity index (χ0v) is 24.5. The molecule has 0 unspecified atom stereocenters. The molecule has 6 rings (SSSR count). The Hall–Kier alpha value is -4.20. The lowest BCUT2D eigenvalue weighted by Crippen LogP contribution is -2.47. The van der Waals surface area contributed by atoms with Crippen molar-refractivity contribution in [1.29, 1.82) is 0 Å². The molecule has 0 bridgehead atoms. The lowest BCUT2D eigenvalue weighted by molar-refractivity contribution is 0.0951. The Morgan fingerprint density at radius 3 is 2.55 bits per heavy atom. The molecule has 8 heteroatoms. The molecule has 0 atom stereocenters. The highest BCUT2D eigenvalue weighted by molar-refractivity contribution is 6.30. The van der Waals surface area contributed by atoms with Gasteiger partial charge >= 0.3 is 0 Å². The maximum Gasteiger partial charge on any atom is 0.259 e. The number of halogens is 1. The van der Waals surface area contributed by atoms with Crippen LogP contribution in [0.4, 0.5) is 5.69 Å². The van der Waals surface area contributed by atoms with Crippen LogP contribution in [0.3, 0.4) is 0 Å². The Balaban J connectivity index is 1.11. The summed E-state index contributed by atoms with van der Waals surface area (Å²) < 4.78 is 1.76. The standard InChI is InChI=1S/C34H34ClN5O2/c1-24-8-10-27(35)21-31(24)39-18-16-38(17-19-39)15-5-13-37-33(41)26-9-11-28-30-22-36-14-12-29(30)34(42)40(32(28)20-26)23-25-6-3-2-4-7-25/h2-4,6-12,14,20-22H,5,13,15-19,23H2,1H3,(H,37,41). The van der Waals surface area contributed by atoms with Gasteiger partial charge in [0.15, 0.2) is 0 Å². The molecule has 0 aliphatic carbocycles. The molecular weight excluding hydrogens is 546 g/mol. The van der Waals surface area contributed by atoms with Crippen LogP contribution < -0.4 is 15.8 Å². The van der Waals surface area contributed by atoms with Gasteiger partial charge in [-0.05, 0) is 61.3 Å². The number of hydrogen-bond donors (Lipinski definition) is 1. The first-order valence-electron chi connectivity index (χ1n) is 14.4. The van der Waals surface area contributed by atoms with E-state index in [1.165, 1.54) is 11.3 Å². The Morgan fingerprint density at radius 2 is 1.74 bits per heavy atom. The summed E-state index contributed by atoms with van der Waals surface area (Å²) in [5, 5.41) is 6.16. The molecule has 1 aliphatic heterocycles. The van der Waals surface area contributed by atoms with Crippen LogP contribution in [0.5, 0.6) is 0 Å². The number of nitrogens with zero attached hydrogens (tertiary/aromatic N) is 4. The molecule has 5 aromatic rings. The van der Waals surface area contributed by atoms with Crippen LogP contribution in [-0.2, 0) is 6.54 Å². The van der Waals surface area contributed by atoms with Crippen LogP contribution >= 0.6 is 11.6 Å². The maximum absolute atomic E-state index is 13.5. The number of hydrogen-bond acceptors (Lipinski definition) is 5. The first-order chi connectivity index (χ1) is 20.5. The second kappa shape index (κ2) is 12.3. The number of nitrogens with one attached hydrogen (secondary N) is 1. The van der Waals surface area contributed by atoms with Gasteiger partial charge in [0.1, 0.15) is 0 Å². The van der Waals surface area contributed by atoms with Crippen molar-refractivity contribution >= 4 is 44.9 Å². The average Bonchev–Trinajstić information content (AvgIpc) is 3.03. The minimum atomic E-state index is -0.136. The first-order valence-corrected chi connectivity index (χ1v) is 14.8. The van der Waals surface area contributed by atoms with E-state index in [-0.39, 0.29) is 11.5 Å². The molecule has 42 heavy (non-hydrogen) atoms. The lowest BCUT2D eigenvalue weighted by Gasteiger charge is -2.37. The van der Waals surface area contributed by atoms with Gasteiger partial charge in [-0.15, -0.1) is 0 Å². The van der Waals surface area contributed by atoms with Crippen LogP contribution in [0, 0.1) is 6.92 Å². The number of amides is 1. The predicted octanol–water partition coefficient (Wildman–Crippen LogP) is 5.50. The minimum absolute atomic E-state index is 0.0908. The number of aromatic nitrogens is 2. The summed E-state index contributed by atoms with van der Waals surface area (Å²) in [6.45, 7) is 7.93. The summed E-state index contributed by atoms with van der Waals surface area (Å²) in [7, 11) is 0. The molecule has 1 aliphatic rings. The summed E-state index contributed by atoms with van der Waals surface area (Å²) in [5.74, 6) is -0.136. The van der Waals surface area contributed by atoms with Crippen molar-refractivity contribution in [1.82, 2.24) is 19.8 Å². The fraction of sp³-hybridized carbons (Fsp3) is 0.265. The highest BCUT2D eigenvalue weighted by atomic mass is 35.5. The number of carbonyl (C=O) groups is 1. The fourth-order valence-electron chi connectivity index (χ4n) is 5.84. The van der Waals surface area contributed by atoms with E-state index in [0.29, 0.717) is 24.0 Å². The molecule has 1 amide bonds. The highest BCUT2D eigenvalue weighted by Gasteiger charge is 2.19. The van der Waals surface area contributed by atoms with Gasteiger partial charge < -0.3 is 14.8 Å². The molecule has 2 aromatic heterocycles. The Labute approximate surface area is 250 Å². The maximum atomic E-state index is 13.5.